The van der Waals surface area contributed by atoms with Gasteiger partial charge in [0.25, 0.3) is 0 Å². The zero-order valence-electron chi connectivity index (χ0n) is 13.1. The Kier molecular flexibility index (Phi) is 4.99. The molecule has 21 heavy (non-hydrogen) atoms. The number of hydrogen-bond donors (Lipinski definition) is 2. The summed E-state index contributed by atoms with van der Waals surface area (Å²) in [6, 6.07) is 3.99. The van der Waals surface area contributed by atoms with Crippen molar-refractivity contribution in [2.24, 2.45) is 23.1 Å². The standard InChI is InChI=1S/C17H26F2N2/c1-17(2,3)12-9-7-11(8-10-12)16(21-20)13-5-4-6-14(18)15(13)19/h4-6,11-12,16,21H,7-10,20H2,1-3H3. The molecule has 1 aliphatic rings. The van der Waals surface area contributed by atoms with Crippen molar-refractivity contribution in [3.63, 3.8) is 0 Å². The van der Waals surface area contributed by atoms with Crippen LogP contribution in [-0.4, -0.2) is 0 Å². The first-order chi connectivity index (χ1) is 9.84. The van der Waals surface area contributed by atoms with E-state index in [9.17, 15) is 8.78 Å². The van der Waals surface area contributed by atoms with Crippen LogP contribution in [0.4, 0.5) is 8.78 Å². The van der Waals surface area contributed by atoms with Gasteiger partial charge in [-0.1, -0.05) is 32.9 Å². The van der Waals surface area contributed by atoms with Gasteiger partial charge >= 0.3 is 0 Å². The summed E-state index contributed by atoms with van der Waals surface area (Å²) < 4.78 is 27.4. The highest BCUT2D eigenvalue weighted by molar-refractivity contribution is 5.23. The van der Waals surface area contributed by atoms with Crippen molar-refractivity contribution < 1.29 is 8.78 Å². The fourth-order valence-corrected chi connectivity index (χ4v) is 3.56. The maximum atomic E-state index is 14.0. The lowest BCUT2D eigenvalue weighted by atomic mass is 9.68. The summed E-state index contributed by atoms with van der Waals surface area (Å²) in [5, 5.41) is 0. The van der Waals surface area contributed by atoms with Gasteiger partial charge < -0.3 is 0 Å². The fraction of sp³-hybridized carbons (Fsp3) is 0.647. The van der Waals surface area contributed by atoms with Crippen LogP contribution in [0.5, 0.6) is 0 Å². The highest BCUT2D eigenvalue weighted by Crippen LogP contribution is 2.43. The number of halogens is 2. The first-order valence-electron chi connectivity index (χ1n) is 7.74. The number of hydrogen-bond acceptors (Lipinski definition) is 2. The van der Waals surface area contributed by atoms with Crippen LogP contribution in [0.2, 0.25) is 0 Å². The fourth-order valence-electron chi connectivity index (χ4n) is 3.56. The molecule has 0 spiro atoms. The molecule has 0 bridgehead atoms. The summed E-state index contributed by atoms with van der Waals surface area (Å²) in [6.45, 7) is 6.80. The van der Waals surface area contributed by atoms with Crippen LogP contribution >= 0.6 is 0 Å². The summed E-state index contributed by atoms with van der Waals surface area (Å²) in [7, 11) is 0. The summed E-state index contributed by atoms with van der Waals surface area (Å²) in [6.07, 6.45) is 4.21. The van der Waals surface area contributed by atoms with E-state index in [2.05, 4.69) is 26.2 Å². The first kappa shape index (κ1) is 16.4. The Morgan fingerprint density at radius 1 is 1.14 bits per heavy atom. The van der Waals surface area contributed by atoms with E-state index >= 15 is 0 Å². The Morgan fingerprint density at radius 2 is 1.76 bits per heavy atom. The molecule has 0 aromatic heterocycles. The van der Waals surface area contributed by atoms with Gasteiger partial charge in [0.2, 0.25) is 0 Å². The van der Waals surface area contributed by atoms with Crippen LogP contribution in [0.15, 0.2) is 18.2 Å². The molecule has 0 amide bonds. The van der Waals surface area contributed by atoms with Gasteiger partial charge in [0.15, 0.2) is 11.6 Å². The zero-order valence-corrected chi connectivity index (χ0v) is 13.1. The molecule has 1 aromatic rings. The molecule has 1 saturated carbocycles. The number of rotatable bonds is 3. The summed E-state index contributed by atoms with van der Waals surface area (Å²) in [5.74, 6) is 4.99. The SMILES string of the molecule is CC(C)(C)C1CCC(C(NN)c2cccc(F)c2F)CC1. The lowest BCUT2D eigenvalue weighted by molar-refractivity contribution is 0.131. The van der Waals surface area contributed by atoms with E-state index < -0.39 is 11.6 Å². The second-order valence-electron chi connectivity index (χ2n) is 7.27. The minimum absolute atomic E-state index is 0.255. The normalized spacial score (nSPS) is 24.9. The van der Waals surface area contributed by atoms with Crippen molar-refractivity contribution in [3.05, 3.63) is 35.4 Å². The minimum Gasteiger partial charge on any atom is -0.271 e. The van der Waals surface area contributed by atoms with E-state index in [0.29, 0.717) is 16.9 Å². The van der Waals surface area contributed by atoms with E-state index in [4.69, 9.17) is 5.84 Å². The van der Waals surface area contributed by atoms with Crippen LogP contribution < -0.4 is 11.3 Å². The van der Waals surface area contributed by atoms with Crippen molar-refractivity contribution in [2.75, 3.05) is 0 Å². The van der Waals surface area contributed by atoms with E-state index in [1.807, 2.05) is 0 Å². The summed E-state index contributed by atoms with van der Waals surface area (Å²) in [4.78, 5) is 0. The van der Waals surface area contributed by atoms with Crippen LogP contribution in [-0.2, 0) is 0 Å². The molecular formula is C17H26F2N2. The Balaban J connectivity index is 2.12. The van der Waals surface area contributed by atoms with Crippen molar-refractivity contribution >= 4 is 0 Å². The lowest BCUT2D eigenvalue weighted by Crippen LogP contribution is -2.37. The summed E-state index contributed by atoms with van der Waals surface area (Å²) in [5.41, 5.74) is 3.35. The van der Waals surface area contributed by atoms with Gasteiger partial charge in [-0.3, -0.25) is 11.3 Å². The predicted molar refractivity (Wildman–Crippen MR) is 81.3 cm³/mol. The van der Waals surface area contributed by atoms with Gasteiger partial charge in [0.1, 0.15) is 0 Å². The van der Waals surface area contributed by atoms with Gasteiger partial charge in [-0.25, -0.2) is 8.78 Å². The third-order valence-electron chi connectivity index (χ3n) is 4.96. The molecule has 1 unspecified atom stereocenters. The Bertz CT molecular complexity index is 474. The van der Waals surface area contributed by atoms with E-state index in [0.717, 1.165) is 31.7 Å². The number of hydrazine groups is 1. The molecule has 0 aliphatic heterocycles. The Morgan fingerprint density at radius 3 is 2.29 bits per heavy atom. The topological polar surface area (TPSA) is 38.0 Å². The Labute approximate surface area is 126 Å². The van der Waals surface area contributed by atoms with Gasteiger partial charge in [-0.15, -0.1) is 0 Å². The molecular weight excluding hydrogens is 270 g/mol. The maximum Gasteiger partial charge on any atom is 0.163 e. The molecule has 0 heterocycles. The van der Waals surface area contributed by atoms with Gasteiger partial charge in [0, 0.05) is 5.56 Å². The van der Waals surface area contributed by atoms with Crippen molar-refractivity contribution in [1.29, 1.82) is 0 Å². The molecule has 0 radical (unpaired) electrons. The number of benzene rings is 1. The highest BCUT2D eigenvalue weighted by atomic mass is 19.2. The summed E-state index contributed by atoms with van der Waals surface area (Å²) >= 11 is 0. The molecule has 1 aromatic carbocycles. The first-order valence-corrected chi connectivity index (χ1v) is 7.74. The number of nitrogens with two attached hydrogens (primary N) is 1. The largest absolute Gasteiger partial charge is 0.271 e. The molecule has 1 aliphatic carbocycles. The van der Waals surface area contributed by atoms with E-state index in [1.165, 1.54) is 0 Å². The van der Waals surface area contributed by atoms with Crippen LogP contribution in [0.1, 0.15) is 58.1 Å². The van der Waals surface area contributed by atoms with Gasteiger partial charge in [0.05, 0.1) is 6.04 Å². The zero-order chi connectivity index (χ0) is 15.6. The average molecular weight is 296 g/mol. The average Bonchev–Trinajstić information content (AvgIpc) is 2.44. The molecule has 2 rings (SSSR count). The lowest BCUT2D eigenvalue weighted by Gasteiger charge is -2.39. The smallest absolute Gasteiger partial charge is 0.163 e. The third kappa shape index (κ3) is 3.61. The monoisotopic (exact) mass is 296 g/mol. The van der Waals surface area contributed by atoms with Crippen molar-refractivity contribution in [2.45, 2.75) is 52.5 Å². The molecule has 3 N–H and O–H groups in total. The van der Waals surface area contributed by atoms with Crippen LogP contribution in [0.25, 0.3) is 0 Å². The molecule has 4 heteroatoms. The molecule has 1 fully saturated rings. The maximum absolute atomic E-state index is 14.0. The van der Waals surface area contributed by atoms with Crippen molar-refractivity contribution in [3.8, 4) is 0 Å². The second-order valence-corrected chi connectivity index (χ2v) is 7.27. The minimum atomic E-state index is -0.809. The molecule has 2 nitrogen and oxygen atoms in total. The van der Waals surface area contributed by atoms with Crippen LogP contribution in [0, 0.1) is 28.9 Å². The van der Waals surface area contributed by atoms with Crippen LogP contribution in [0.3, 0.4) is 0 Å². The second kappa shape index (κ2) is 6.41. The number of nitrogens with one attached hydrogen (secondary N) is 1. The molecule has 1 atom stereocenters. The predicted octanol–water partition coefficient (Wildman–Crippen LogP) is 4.32. The van der Waals surface area contributed by atoms with Gasteiger partial charge in [-0.05, 0) is 49.0 Å². The quantitative estimate of drug-likeness (QED) is 0.644. The highest BCUT2D eigenvalue weighted by Gasteiger charge is 2.34. The van der Waals surface area contributed by atoms with Gasteiger partial charge in [-0.2, -0.15) is 0 Å². The molecule has 118 valence electrons. The van der Waals surface area contributed by atoms with E-state index in [-0.39, 0.29) is 12.0 Å². The Hall–Kier alpha value is -1.00. The van der Waals surface area contributed by atoms with Crippen molar-refractivity contribution in [1.82, 2.24) is 5.43 Å². The molecule has 0 saturated heterocycles. The van der Waals surface area contributed by atoms with E-state index in [1.54, 1.807) is 12.1 Å². The third-order valence-corrected chi connectivity index (χ3v) is 4.96.